The average molecular weight is 320 g/mol. The van der Waals surface area contributed by atoms with Crippen molar-refractivity contribution in [1.82, 2.24) is 0 Å². The third kappa shape index (κ3) is 2.53. The standard InChI is InChI=1S/C15H13I/c1-12(13-8-4-2-5-9-13)15(16)14-10-6-3-7-11-14/h2-11H,1H3/b15-12+. The molecule has 2 aromatic carbocycles. The van der Waals surface area contributed by atoms with Crippen LogP contribution >= 0.6 is 22.6 Å². The summed E-state index contributed by atoms with van der Waals surface area (Å²) < 4.78 is 1.31. The van der Waals surface area contributed by atoms with Gasteiger partial charge >= 0.3 is 0 Å². The molecule has 16 heavy (non-hydrogen) atoms. The first-order chi connectivity index (χ1) is 7.79. The second-order valence-corrected chi connectivity index (χ2v) is 4.75. The fourth-order valence-corrected chi connectivity index (χ4v) is 2.29. The molecule has 0 aliphatic heterocycles. The van der Waals surface area contributed by atoms with E-state index >= 15 is 0 Å². The van der Waals surface area contributed by atoms with Crippen molar-refractivity contribution in [3.05, 3.63) is 71.8 Å². The quantitative estimate of drug-likeness (QED) is 0.539. The van der Waals surface area contributed by atoms with Crippen LogP contribution in [0.3, 0.4) is 0 Å². The molecular weight excluding hydrogens is 307 g/mol. The van der Waals surface area contributed by atoms with Gasteiger partial charge in [0.25, 0.3) is 0 Å². The van der Waals surface area contributed by atoms with Gasteiger partial charge in [0.15, 0.2) is 0 Å². The molecule has 0 nitrogen and oxygen atoms in total. The lowest BCUT2D eigenvalue weighted by Gasteiger charge is -2.06. The SMILES string of the molecule is C/C(=C(\I)c1ccccc1)c1ccccc1. The highest BCUT2D eigenvalue weighted by Gasteiger charge is 2.03. The minimum absolute atomic E-state index is 1.28. The molecule has 0 spiro atoms. The first-order valence-corrected chi connectivity index (χ1v) is 6.34. The highest BCUT2D eigenvalue weighted by atomic mass is 127. The Bertz CT molecular complexity index is 436. The molecule has 0 bridgehead atoms. The second-order valence-electron chi connectivity index (χ2n) is 3.67. The van der Waals surface area contributed by atoms with Gasteiger partial charge in [-0.1, -0.05) is 60.7 Å². The van der Waals surface area contributed by atoms with Crippen LogP contribution in [0, 0.1) is 0 Å². The first kappa shape index (κ1) is 11.4. The molecule has 0 saturated heterocycles. The Hall–Kier alpha value is -1.09. The van der Waals surface area contributed by atoms with E-state index in [1.807, 2.05) is 12.1 Å². The molecule has 1 heteroatoms. The predicted molar refractivity (Wildman–Crippen MR) is 79.4 cm³/mol. The van der Waals surface area contributed by atoms with Crippen LogP contribution in [0.5, 0.6) is 0 Å². The van der Waals surface area contributed by atoms with E-state index in [2.05, 4.69) is 78.0 Å². The molecule has 2 rings (SSSR count). The number of benzene rings is 2. The van der Waals surface area contributed by atoms with E-state index in [0.717, 1.165) is 0 Å². The van der Waals surface area contributed by atoms with E-state index in [1.165, 1.54) is 20.3 Å². The van der Waals surface area contributed by atoms with Gasteiger partial charge in [-0.3, -0.25) is 0 Å². The van der Waals surface area contributed by atoms with Crippen LogP contribution in [0.2, 0.25) is 0 Å². The smallest absolute Gasteiger partial charge is 0.0237 e. The van der Waals surface area contributed by atoms with Gasteiger partial charge in [0.2, 0.25) is 0 Å². The zero-order chi connectivity index (χ0) is 11.4. The largest absolute Gasteiger partial charge is 0.0622 e. The minimum atomic E-state index is 1.28. The van der Waals surface area contributed by atoms with E-state index in [-0.39, 0.29) is 0 Å². The Kier molecular flexibility index (Phi) is 3.78. The Labute approximate surface area is 110 Å². The van der Waals surface area contributed by atoms with E-state index in [0.29, 0.717) is 0 Å². The number of rotatable bonds is 2. The van der Waals surface area contributed by atoms with Crippen LogP contribution in [0.25, 0.3) is 9.15 Å². The van der Waals surface area contributed by atoms with Gasteiger partial charge < -0.3 is 0 Å². The first-order valence-electron chi connectivity index (χ1n) is 5.26. The lowest BCUT2D eigenvalue weighted by Crippen LogP contribution is -1.83. The molecule has 0 fully saturated rings. The van der Waals surface area contributed by atoms with Crippen LogP contribution in [0.15, 0.2) is 60.7 Å². The van der Waals surface area contributed by atoms with Crippen molar-refractivity contribution in [2.24, 2.45) is 0 Å². The molecule has 0 unspecified atom stereocenters. The maximum absolute atomic E-state index is 2.42. The predicted octanol–water partition coefficient (Wildman–Crippen LogP) is 5.01. The van der Waals surface area contributed by atoms with Crippen molar-refractivity contribution < 1.29 is 0 Å². The topological polar surface area (TPSA) is 0 Å². The maximum Gasteiger partial charge on any atom is 0.0237 e. The molecular formula is C15H13I. The summed E-state index contributed by atoms with van der Waals surface area (Å²) in [6.07, 6.45) is 0. The molecule has 0 heterocycles. The van der Waals surface area contributed by atoms with Gasteiger partial charge in [0.1, 0.15) is 0 Å². The molecule has 0 atom stereocenters. The van der Waals surface area contributed by atoms with Crippen LogP contribution < -0.4 is 0 Å². The molecule has 0 aliphatic rings. The molecule has 0 amide bonds. The number of allylic oxidation sites excluding steroid dienone is 1. The van der Waals surface area contributed by atoms with E-state index in [4.69, 9.17) is 0 Å². The zero-order valence-electron chi connectivity index (χ0n) is 9.15. The van der Waals surface area contributed by atoms with Crippen molar-refractivity contribution in [1.29, 1.82) is 0 Å². The van der Waals surface area contributed by atoms with E-state index < -0.39 is 0 Å². The van der Waals surface area contributed by atoms with Crippen molar-refractivity contribution in [2.45, 2.75) is 6.92 Å². The molecule has 80 valence electrons. The molecule has 0 radical (unpaired) electrons. The van der Waals surface area contributed by atoms with Gasteiger partial charge in [0.05, 0.1) is 0 Å². The summed E-state index contributed by atoms with van der Waals surface area (Å²) >= 11 is 2.42. The van der Waals surface area contributed by atoms with Crippen LogP contribution in [0.4, 0.5) is 0 Å². The summed E-state index contributed by atoms with van der Waals surface area (Å²) in [5.41, 5.74) is 3.90. The molecule has 2 aromatic rings. The van der Waals surface area contributed by atoms with Crippen molar-refractivity contribution in [3.63, 3.8) is 0 Å². The summed E-state index contributed by atoms with van der Waals surface area (Å²) in [5.74, 6) is 0. The Balaban J connectivity index is 2.43. The lowest BCUT2D eigenvalue weighted by atomic mass is 10.0. The van der Waals surface area contributed by atoms with Gasteiger partial charge in [-0.25, -0.2) is 0 Å². The maximum atomic E-state index is 2.42. The van der Waals surface area contributed by atoms with E-state index in [1.54, 1.807) is 0 Å². The monoisotopic (exact) mass is 320 g/mol. The van der Waals surface area contributed by atoms with Crippen LogP contribution in [-0.2, 0) is 0 Å². The Morgan fingerprint density at radius 3 is 1.69 bits per heavy atom. The fourth-order valence-electron chi connectivity index (χ4n) is 1.62. The summed E-state index contributed by atoms with van der Waals surface area (Å²) in [5, 5.41) is 0. The van der Waals surface area contributed by atoms with Gasteiger partial charge in [-0.05, 0) is 46.2 Å². The summed E-state index contributed by atoms with van der Waals surface area (Å²) in [6.45, 7) is 2.17. The summed E-state index contributed by atoms with van der Waals surface area (Å²) in [4.78, 5) is 0. The third-order valence-electron chi connectivity index (χ3n) is 2.56. The second kappa shape index (κ2) is 5.30. The number of hydrogen-bond donors (Lipinski definition) is 0. The molecule has 0 saturated carbocycles. The van der Waals surface area contributed by atoms with Gasteiger partial charge in [-0.15, -0.1) is 0 Å². The normalized spacial score (nSPS) is 12.1. The minimum Gasteiger partial charge on any atom is -0.0622 e. The average Bonchev–Trinajstić information content (AvgIpc) is 2.39. The van der Waals surface area contributed by atoms with E-state index in [9.17, 15) is 0 Å². The molecule has 0 N–H and O–H groups in total. The van der Waals surface area contributed by atoms with Gasteiger partial charge in [-0.2, -0.15) is 0 Å². The summed E-state index contributed by atoms with van der Waals surface area (Å²) in [7, 11) is 0. The fraction of sp³-hybridized carbons (Fsp3) is 0.0667. The molecule has 0 aromatic heterocycles. The Morgan fingerprint density at radius 1 is 0.750 bits per heavy atom. The van der Waals surface area contributed by atoms with Gasteiger partial charge in [0, 0.05) is 3.58 Å². The van der Waals surface area contributed by atoms with Crippen LogP contribution in [-0.4, -0.2) is 0 Å². The highest BCUT2D eigenvalue weighted by Crippen LogP contribution is 2.30. The van der Waals surface area contributed by atoms with Crippen LogP contribution in [0.1, 0.15) is 18.1 Å². The van der Waals surface area contributed by atoms with Crippen molar-refractivity contribution in [3.8, 4) is 0 Å². The summed E-state index contributed by atoms with van der Waals surface area (Å²) in [6, 6.07) is 21.0. The Morgan fingerprint density at radius 2 is 1.19 bits per heavy atom. The molecule has 0 aliphatic carbocycles. The zero-order valence-corrected chi connectivity index (χ0v) is 11.3. The third-order valence-corrected chi connectivity index (χ3v) is 4.00. The van der Waals surface area contributed by atoms with Crippen molar-refractivity contribution in [2.75, 3.05) is 0 Å². The number of halogens is 1. The highest BCUT2D eigenvalue weighted by molar-refractivity contribution is 14.1. The lowest BCUT2D eigenvalue weighted by molar-refractivity contribution is 1.57. The van der Waals surface area contributed by atoms with Crippen molar-refractivity contribution >= 4 is 31.7 Å². The number of hydrogen-bond acceptors (Lipinski definition) is 0.